The lowest BCUT2D eigenvalue weighted by molar-refractivity contribution is -0.140. The predicted octanol–water partition coefficient (Wildman–Crippen LogP) is 2.55. The molecular formula is C16H18ClNO6. The highest BCUT2D eigenvalue weighted by Gasteiger charge is 2.16. The Labute approximate surface area is 144 Å². The summed E-state index contributed by atoms with van der Waals surface area (Å²) >= 11 is 6.06. The van der Waals surface area contributed by atoms with Crippen molar-refractivity contribution in [3.8, 4) is 0 Å². The zero-order valence-corrected chi connectivity index (χ0v) is 14.3. The Morgan fingerprint density at radius 3 is 2.42 bits per heavy atom. The van der Waals surface area contributed by atoms with E-state index in [1.165, 1.54) is 25.3 Å². The molecule has 0 unspecified atom stereocenters. The molecule has 0 spiro atoms. The van der Waals surface area contributed by atoms with E-state index in [0.29, 0.717) is 0 Å². The minimum absolute atomic E-state index is 0.122. The molecule has 1 rings (SSSR count). The number of nitrogens with one attached hydrogen (secondary N) is 1. The summed E-state index contributed by atoms with van der Waals surface area (Å²) in [6.07, 6.45) is 0.961. The van der Waals surface area contributed by atoms with Gasteiger partial charge in [0.2, 0.25) is 0 Å². The molecule has 0 aliphatic heterocycles. The van der Waals surface area contributed by atoms with Gasteiger partial charge in [-0.25, -0.2) is 14.4 Å². The largest absolute Gasteiger partial charge is 0.465 e. The van der Waals surface area contributed by atoms with E-state index in [0.717, 1.165) is 6.08 Å². The highest BCUT2D eigenvalue weighted by Crippen LogP contribution is 2.25. The summed E-state index contributed by atoms with van der Waals surface area (Å²) in [5.41, 5.74) is 0.297. The molecule has 0 radical (unpaired) electrons. The van der Waals surface area contributed by atoms with Crippen LogP contribution in [-0.2, 0) is 23.8 Å². The Hall–Kier alpha value is -2.54. The third kappa shape index (κ3) is 5.58. The molecule has 24 heavy (non-hydrogen) atoms. The molecule has 0 fully saturated rings. The number of ether oxygens (including phenoxy) is 3. The van der Waals surface area contributed by atoms with Gasteiger partial charge in [-0.15, -0.1) is 0 Å². The van der Waals surface area contributed by atoms with Gasteiger partial charge < -0.3 is 19.5 Å². The van der Waals surface area contributed by atoms with Crippen molar-refractivity contribution in [2.24, 2.45) is 0 Å². The lowest BCUT2D eigenvalue weighted by Crippen LogP contribution is -2.17. The quantitative estimate of drug-likeness (QED) is 0.456. The molecule has 130 valence electrons. The highest BCUT2D eigenvalue weighted by molar-refractivity contribution is 6.33. The minimum atomic E-state index is -0.759. The fourth-order valence-electron chi connectivity index (χ4n) is 1.67. The lowest BCUT2D eigenvalue weighted by atomic mass is 10.2. The third-order valence-electron chi connectivity index (χ3n) is 2.70. The molecule has 0 atom stereocenters. The van der Waals surface area contributed by atoms with Gasteiger partial charge in [-0.1, -0.05) is 11.6 Å². The van der Waals surface area contributed by atoms with Gasteiger partial charge in [0.15, 0.2) is 0 Å². The van der Waals surface area contributed by atoms with Crippen molar-refractivity contribution in [2.45, 2.75) is 13.8 Å². The molecule has 7 nitrogen and oxygen atoms in total. The maximum Gasteiger partial charge on any atom is 0.355 e. The highest BCUT2D eigenvalue weighted by atomic mass is 35.5. The van der Waals surface area contributed by atoms with Crippen LogP contribution in [0.3, 0.4) is 0 Å². The van der Waals surface area contributed by atoms with Crippen LogP contribution < -0.4 is 5.32 Å². The number of carbonyl (C=O) groups is 3. The van der Waals surface area contributed by atoms with Crippen molar-refractivity contribution in [1.29, 1.82) is 0 Å². The van der Waals surface area contributed by atoms with Crippen molar-refractivity contribution < 1.29 is 28.6 Å². The number of hydrogen-bond donors (Lipinski definition) is 1. The molecule has 0 amide bonds. The van der Waals surface area contributed by atoms with E-state index in [1.807, 2.05) is 0 Å². The second kappa shape index (κ2) is 9.57. The maximum atomic E-state index is 12.0. The van der Waals surface area contributed by atoms with Gasteiger partial charge in [0, 0.05) is 0 Å². The van der Waals surface area contributed by atoms with Gasteiger partial charge in [-0.05, 0) is 32.0 Å². The Morgan fingerprint density at radius 1 is 1.17 bits per heavy atom. The Morgan fingerprint density at radius 2 is 1.83 bits per heavy atom. The third-order valence-corrected chi connectivity index (χ3v) is 3.03. The Balaban J connectivity index is 3.16. The number of hydrogen-bond acceptors (Lipinski definition) is 7. The summed E-state index contributed by atoms with van der Waals surface area (Å²) in [5.74, 6) is -2.04. The molecule has 0 saturated carbocycles. The summed E-state index contributed by atoms with van der Waals surface area (Å²) in [7, 11) is 1.24. The number of esters is 3. The molecule has 0 heterocycles. The molecule has 1 aromatic rings. The second-order valence-corrected chi connectivity index (χ2v) is 4.75. The van der Waals surface area contributed by atoms with Crippen LogP contribution in [-0.4, -0.2) is 38.2 Å². The molecule has 0 aliphatic carbocycles. The Kier molecular flexibility index (Phi) is 7.77. The summed E-state index contributed by atoms with van der Waals surface area (Å²) in [6, 6.07) is 4.33. The van der Waals surface area contributed by atoms with Gasteiger partial charge in [-0.2, -0.15) is 0 Å². The van der Waals surface area contributed by atoms with Crippen molar-refractivity contribution in [1.82, 2.24) is 0 Å². The molecule has 0 bridgehead atoms. The minimum Gasteiger partial charge on any atom is -0.465 e. The van der Waals surface area contributed by atoms with Crippen LogP contribution >= 0.6 is 11.6 Å². The molecule has 0 aromatic heterocycles. The van der Waals surface area contributed by atoms with Crippen molar-refractivity contribution in [3.05, 3.63) is 40.6 Å². The van der Waals surface area contributed by atoms with E-state index in [9.17, 15) is 14.4 Å². The van der Waals surface area contributed by atoms with Crippen LogP contribution in [0.2, 0.25) is 5.02 Å². The average Bonchev–Trinajstić information content (AvgIpc) is 2.55. The molecule has 8 heteroatoms. The molecule has 1 aromatic carbocycles. The number of halogens is 1. The molecule has 0 saturated heterocycles. The standard InChI is InChI=1S/C16H18ClNO6/c1-4-23-14(19)9-13(16(21)24-5-2)18-12-8-10(15(20)22-3)6-7-11(12)17/h6-9,18H,4-5H2,1-3H3/b13-9-. The first-order valence-corrected chi connectivity index (χ1v) is 7.51. The first-order valence-electron chi connectivity index (χ1n) is 7.13. The van der Waals surface area contributed by atoms with E-state index >= 15 is 0 Å². The summed E-state index contributed by atoms with van der Waals surface area (Å²) in [6.45, 7) is 3.55. The predicted molar refractivity (Wildman–Crippen MR) is 87.8 cm³/mol. The smallest absolute Gasteiger partial charge is 0.355 e. The first kappa shape index (κ1) is 19.5. The topological polar surface area (TPSA) is 90.9 Å². The van der Waals surface area contributed by atoms with E-state index in [-0.39, 0.29) is 35.2 Å². The lowest BCUT2D eigenvalue weighted by Gasteiger charge is -2.12. The number of benzene rings is 1. The summed E-state index contributed by atoms with van der Waals surface area (Å²) < 4.78 is 14.3. The molecule has 0 aliphatic rings. The maximum absolute atomic E-state index is 12.0. The second-order valence-electron chi connectivity index (χ2n) is 4.34. The van der Waals surface area contributed by atoms with Crippen LogP contribution in [0, 0.1) is 0 Å². The average molecular weight is 356 g/mol. The van der Waals surface area contributed by atoms with E-state index < -0.39 is 17.9 Å². The van der Waals surface area contributed by atoms with Crippen LogP contribution in [0.15, 0.2) is 30.0 Å². The van der Waals surface area contributed by atoms with Crippen LogP contribution in [0.4, 0.5) is 5.69 Å². The zero-order chi connectivity index (χ0) is 18.1. The van der Waals surface area contributed by atoms with E-state index in [1.54, 1.807) is 13.8 Å². The van der Waals surface area contributed by atoms with Gasteiger partial charge in [0.05, 0.1) is 42.7 Å². The van der Waals surface area contributed by atoms with Crippen molar-refractivity contribution in [3.63, 3.8) is 0 Å². The van der Waals surface area contributed by atoms with Crippen LogP contribution in [0.1, 0.15) is 24.2 Å². The summed E-state index contributed by atoms with van der Waals surface area (Å²) in [5, 5.41) is 2.92. The van der Waals surface area contributed by atoms with Gasteiger partial charge in [-0.3, -0.25) is 0 Å². The Bertz CT molecular complexity index is 656. The fourth-order valence-corrected chi connectivity index (χ4v) is 1.83. The summed E-state index contributed by atoms with van der Waals surface area (Å²) in [4.78, 5) is 35.2. The monoisotopic (exact) mass is 355 g/mol. The molecular weight excluding hydrogens is 338 g/mol. The van der Waals surface area contributed by atoms with E-state index in [4.69, 9.17) is 21.1 Å². The van der Waals surface area contributed by atoms with E-state index in [2.05, 4.69) is 10.1 Å². The van der Waals surface area contributed by atoms with Crippen molar-refractivity contribution >= 4 is 35.2 Å². The number of methoxy groups -OCH3 is 1. The normalized spacial score (nSPS) is 10.8. The fraction of sp³-hybridized carbons (Fsp3) is 0.312. The van der Waals surface area contributed by atoms with Crippen molar-refractivity contribution in [2.75, 3.05) is 25.6 Å². The van der Waals surface area contributed by atoms with Gasteiger partial charge >= 0.3 is 17.9 Å². The molecule has 1 N–H and O–H groups in total. The SMILES string of the molecule is CCOC(=O)/C=C(\Nc1cc(C(=O)OC)ccc1Cl)C(=O)OCC. The van der Waals surface area contributed by atoms with Gasteiger partial charge in [0.1, 0.15) is 5.70 Å². The number of rotatable bonds is 7. The van der Waals surface area contributed by atoms with Gasteiger partial charge in [0.25, 0.3) is 0 Å². The zero-order valence-electron chi connectivity index (χ0n) is 13.6. The van der Waals surface area contributed by atoms with Crippen LogP contribution in [0.5, 0.6) is 0 Å². The first-order chi connectivity index (χ1) is 11.4. The number of carbonyl (C=O) groups excluding carboxylic acids is 3. The number of anilines is 1. The van der Waals surface area contributed by atoms with Crippen LogP contribution in [0.25, 0.3) is 0 Å².